The van der Waals surface area contributed by atoms with Crippen molar-refractivity contribution in [2.24, 2.45) is 13.0 Å². The molecule has 3 heterocycles. The maximum atomic E-state index is 12.5. The van der Waals surface area contributed by atoms with Gasteiger partial charge in [0.1, 0.15) is 0 Å². The number of aromatic nitrogens is 2. The Bertz CT molecular complexity index is 741. The van der Waals surface area contributed by atoms with Crippen molar-refractivity contribution >= 4 is 5.91 Å². The normalized spacial score (nSPS) is 23.9. The van der Waals surface area contributed by atoms with Crippen molar-refractivity contribution in [2.45, 2.75) is 38.3 Å². The number of benzene rings is 1. The predicted octanol–water partition coefficient (Wildman–Crippen LogP) is 2.48. The SMILES string of the molecule is Cn1cc(CN2CC[C@@H]3[C@@H](CCC(=O)N3CCc3ccccc3)C2)cn1. The molecule has 0 N–H and O–H groups in total. The fourth-order valence-corrected chi connectivity index (χ4v) is 4.57. The number of aryl methyl sites for hydroxylation is 1. The molecule has 1 aromatic heterocycles. The minimum atomic E-state index is 0.350. The van der Waals surface area contributed by atoms with E-state index < -0.39 is 0 Å². The zero-order valence-electron chi connectivity index (χ0n) is 15.6. The summed E-state index contributed by atoms with van der Waals surface area (Å²) >= 11 is 0. The number of hydrogen-bond acceptors (Lipinski definition) is 3. The van der Waals surface area contributed by atoms with E-state index in [0.717, 1.165) is 45.4 Å². The Morgan fingerprint density at radius 1 is 1.15 bits per heavy atom. The summed E-state index contributed by atoms with van der Waals surface area (Å²) in [6.07, 6.45) is 7.84. The molecule has 2 fully saturated rings. The zero-order valence-corrected chi connectivity index (χ0v) is 15.6. The van der Waals surface area contributed by atoms with E-state index in [9.17, 15) is 4.79 Å². The number of amides is 1. The first-order valence-electron chi connectivity index (χ1n) is 9.72. The summed E-state index contributed by atoms with van der Waals surface area (Å²) in [6.45, 7) is 3.97. The Morgan fingerprint density at radius 2 is 2.00 bits per heavy atom. The van der Waals surface area contributed by atoms with Crippen LogP contribution >= 0.6 is 0 Å². The third-order valence-corrected chi connectivity index (χ3v) is 5.88. The summed E-state index contributed by atoms with van der Waals surface area (Å²) in [6, 6.07) is 10.9. The number of carbonyl (C=O) groups excluding carboxylic acids is 1. The van der Waals surface area contributed by atoms with Crippen LogP contribution in [-0.4, -0.2) is 51.2 Å². The molecule has 5 nitrogen and oxygen atoms in total. The van der Waals surface area contributed by atoms with E-state index in [1.807, 2.05) is 24.0 Å². The van der Waals surface area contributed by atoms with E-state index in [4.69, 9.17) is 0 Å². The average Bonchev–Trinajstić information content (AvgIpc) is 3.06. The van der Waals surface area contributed by atoms with Gasteiger partial charge < -0.3 is 4.90 Å². The number of hydrogen-bond donors (Lipinski definition) is 0. The van der Waals surface area contributed by atoms with Crippen molar-refractivity contribution in [2.75, 3.05) is 19.6 Å². The van der Waals surface area contributed by atoms with Gasteiger partial charge >= 0.3 is 0 Å². The molecule has 2 saturated heterocycles. The standard InChI is InChI=1S/C21H28N4O/c1-23-14-18(13-22-23)15-24-11-10-20-19(16-24)7-8-21(26)25(20)12-9-17-5-3-2-4-6-17/h2-6,13-14,19-20H,7-12,15-16H2,1H3/t19-,20+/m0/s1. The minimum Gasteiger partial charge on any atom is -0.339 e. The van der Waals surface area contributed by atoms with E-state index in [2.05, 4.69) is 45.4 Å². The lowest BCUT2D eigenvalue weighted by Gasteiger charge is -2.47. The summed E-state index contributed by atoms with van der Waals surface area (Å²) < 4.78 is 1.87. The van der Waals surface area contributed by atoms with Crippen molar-refractivity contribution in [3.8, 4) is 0 Å². The molecule has 26 heavy (non-hydrogen) atoms. The lowest BCUT2D eigenvalue weighted by atomic mass is 9.83. The van der Waals surface area contributed by atoms with Crippen molar-refractivity contribution in [3.63, 3.8) is 0 Å². The summed E-state index contributed by atoms with van der Waals surface area (Å²) in [7, 11) is 1.97. The van der Waals surface area contributed by atoms with E-state index in [-0.39, 0.29) is 0 Å². The molecule has 2 aromatic rings. The van der Waals surface area contributed by atoms with Gasteiger partial charge in [-0.2, -0.15) is 5.10 Å². The fourth-order valence-electron chi connectivity index (χ4n) is 4.57. The first-order valence-corrected chi connectivity index (χ1v) is 9.72. The molecule has 0 bridgehead atoms. The predicted molar refractivity (Wildman–Crippen MR) is 101 cm³/mol. The molecule has 0 radical (unpaired) electrons. The molecule has 4 rings (SSSR count). The van der Waals surface area contributed by atoms with E-state index in [0.29, 0.717) is 24.3 Å². The van der Waals surface area contributed by atoms with Crippen LogP contribution in [0, 0.1) is 5.92 Å². The number of rotatable bonds is 5. The average molecular weight is 352 g/mol. The summed E-state index contributed by atoms with van der Waals surface area (Å²) in [4.78, 5) is 17.3. The number of piperidine rings is 2. The Labute approximate surface area is 155 Å². The lowest BCUT2D eigenvalue weighted by Crippen LogP contribution is -2.56. The zero-order chi connectivity index (χ0) is 17.9. The Hall–Kier alpha value is -2.14. The highest BCUT2D eigenvalue weighted by Gasteiger charge is 2.38. The fraction of sp³-hybridized carbons (Fsp3) is 0.524. The van der Waals surface area contributed by atoms with Crippen LogP contribution in [0.3, 0.4) is 0 Å². The second-order valence-corrected chi connectivity index (χ2v) is 7.73. The van der Waals surface area contributed by atoms with Gasteiger partial charge in [0.05, 0.1) is 6.20 Å². The maximum absolute atomic E-state index is 12.5. The second kappa shape index (κ2) is 7.62. The quantitative estimate of drug-likeness (QED) is 0.830. The molecule has 138 valence electrons. The number of carbonyl (C=O) groups is 1. The molecule has 2 aliphatic rings. The molecule has 1 aromatic carbocycles. The first kappa shape index (κ1) is 17.3. The molecule has 5 heteroatoms. The third kappa shape index (κ3) is 3.83. The van der Waals surface area contributed by atoms with Gasteiger partial charge in [0.25, 0.3) is 0 Å². The van der Waals surface area contributed by atoms with Crippen molar-refractivity contribution < 1.29 is 4.79 Å². The van der Waals surface area contributed by atoms with Crippen LogP contribution in [0.15, 0.2) is 42.7 Å². The van der Waals surface area contributed by atoms with Crippen molar-refractivity contribution in [1.82, 2.24) is 19.6 Å². The Balaban J connectivity index is 1.37. The lowest BCUT2D eigenvalue weighted by molar-refractivity contribution is -0.141. The molecule has 0 saturated carbocycles. The van der Waals surface area contributed by atoms with Crippen LogP contribution < -0.4 is 0 Å². The van der Waals surface area contributed by atoms with E-state index in [1.165, 1.54) is 11.1 Å². The van der Waals surface area contributed by atoms with E-state index >= 15 is 0 Å². The smallest absolute Gasteiger partial charge is 0.222 e. The summed E-state index contributed by atoms with van der Waals surface area (Å²) in [5.74, 6) is 0.955. The highest BCUT2D eigenvalue weighted by atomic mass is 16.2. The van der Waals surface area contributed by atoms with Gasteiger partial charge in [0.15, 0.2) is 0 Å². The third-order valence-electron chi connectivity index (χ3n) is 5.88. The van der Waals surface area contributed by atoms with Gasteiger partial charge in [-0.05, 0) is 30.7 Å². The largest absolute Gasteiger partial charge is 0.339 e. The van der Waals surface area contributed by atoms with E-state index in [1.54, 1.807) is 0 Å². The highest BCUT2D eigenvalue weighted by Crippen LogP contribution is 2.32. The van der Waals surface area contributed by atoms with Crippen LogP contribution in [0.4, 0.5) is 0 Å². The van der Waals surface area contributed by atoms with Gasteiger partial charge in [-0.3, -0.25) is 14.4 Å². The molecular weight excluding hydrogens is 324 g/mol. The van der Waals surface area contributed by atoms with Crippen LogP contribution in [0.1, 0.15) is 30.4 Å². The van der Waals surface area contributed by atoms with Crippen LogP contribution in [0.2, 0.25) is 0 Å². The van der Waals surface area contributed by atoms with Crippen molar-refractivity contribution in [3.05, 3.63) is 53.9 Å². The van der Waals surface area contributed by atoms with Crippen LogP contribution in [0.5, 0.6) is 0 Å². The van der Waals surface area contributed by atoms with Crippen molar-refractivity contribution in [1.29, 1.82) is 0 Å². The monoisotopic (exact) mass is 352 g/mol. The van der Waals surface area contributed by atoms with Gasteiger partial charge in [-0.1, -0.05) is 30.3 Å². The van der Waals surface area contributed by atoms with Gasteiger partial charge in [-0.25, -0.2) is 0 Å². The number of nitrogens with zero attached hydrogens (tertiary/aromatic N) is 4. The molecule has 2 aliphatic heterocycles. The summed E-state index contributed by atoms with van der Waals surface area (Å²) in [5, 5.41) is 4.28. The molecule has 2 atom stereocenters. The van der Waals surface area contributed by atoms with Gasteiger partial charge in [-0.15, -0.1) is 0 Å². The molecule has 0 aliphatic carbocycles. The molecular formula is C21H28N4O. The topological polar surface area (TPSA) is 41.4 Å². The summed E-state index contributed by atoms with van der Waals surface area (Å²) in [5.41, 5.74) is 2.59. The number of likely N-dealkylation sites (tertiary alicyclic amines) is 2. The first-order chi connectivity index (χ1) is 12.7. The van der Waals surface area contributed by atoms with Crippen LogP contribution in [-0.2, 0) is 24.8 Å². The highest BCUT2D eigenvalue weighted by molar-refractivity contribution is 5.77. The second-order valence-electron chi connectivity index (χ2n) is 7.73. The Morgan fingerprint density at radius 3 is 2.77 bits per heavy atom. The van der Waals surface area contributed by atoms with Gasteiger partial charge in [0, 0.05) is 57.4 Å². The van der Waals surface area contributed by atoms with Crippen LogP contribution in [0.25, 0.3) is 0 Å². The number of fused-ring (bicyclic) bond motifs is 1. The molecule has 1 amide bonds. The molecule has 0 unspecified atom stereocenters. The van der Waals surface area contributed by atoms with Gasteiger partial charge in [0.2, 0.25) is 5.91 Å². The Kier molecular flexibility index (Phi) is 5.07. The molecule has 0 spiro atoms. The minimum absolute atomic E-state index is 0.350. The maximum Gasteiger partial charge on any atom is 0.222 e.